The monoisotopic (exact) mass is 276 g/mol. The van der Waals surface area contributed by atoms with Crippen molar-refractivity contribution in [3.05, 3.63) is 36.2 Å². The topological polar surface area (TPSA) is 72.4 Å². The average molecular weight is 276 g/mol. The van der Waals surface area contributed by atoms with Gasteiger partial charge in [0, 0.05) is 18.7 Å². The zero-order valence-corrected chi connectivity index (χ0v) is 11.5. The van der Waals surface area contributed by atoms with Crippen molar-refractivity contribution >= 4 is 28.6 Å². The fourth-order valence-electron chi connectivity index (χ4n) is 1.91. The Balaban J connectivity index is 2.17. The Morgan fingerprint density at radius 2 is 2.37 bits per heavy atom. The lowest BCUT2D eigenvalue weighted by Gasteiger charge is -2.15. The summed E-state index contributed by atoms with van der Waals surface area (Å²) in [5.74, 6) is -0.149. The molecule has 0 saturated heterocycles. The zero-order valence-electron chi connectivity index (χ0n) is 10.7. The molecule has 6 heteroatoms. The van der Waals surface area contributed by atoms with Crippen LogP contribution in [0.15, 0.2) is 30.6 Å². The number of hydrogen-bond donors (Lipinski definition) is 2. The van der Waals surface area contributed by atoms with Gasteiger partial charge in [0.25, 0.3) is 5.91 Å². The van der Waals surface area contributed by atoms with Crippen LogP contribution in [0, 0.1) is 0 Å². The van der Waals surface area contributed by atoms with E-state index in [1.54, 1.807) is 16.9 Å². The minimum absolute atomic E-state index is 0.0383. The molecule has 0 bridgehead atoms. The molecule has 0 radical (unpaired) electrons. The van der Waals surface area contributed by atoms with Gasteiger partial charge >= 0.3 is 0 Å². The van der Waals surface area contributed by atoms with E-state index in [0.717, 1.165) is 11.9 Å². The molecular formula is C13H16N4OS. The molecule has 2 heterocycles. The molecule has 100 valence electrons. The van der Waals surface area contributed by atoms with Crippen molar-refractivity contribution in [2.75, 3.05) is 0 Å². The summed E-state index contributed by atoms with van der Waals surface area (Å²) in [7, 11) is 0. The number of carbonyl (C=O) groups excluding carboxylic acids is 1. The van der Waals surface area contributed by atoms with Gasteiger partial charge in [0.1, 0.15) is 0 Å². The molecule has 0 saturated carbocycles. The van der Waals surface area contributed by atoms with Gasteiger partial charge in [-0.2, -0.15) is 5.10 Å². The average Bonchev–Trinajstić information content (AvgIpc) is 2.81. The van der Waals surface area contributed by atoms with Crippen molar-refractivity contribution in [3.8, 4) is 0 Å². The third-order valence-electron chi connectivity index (χ3n) is 2.95. The van der Waals surface area contributed by atoms with Gasteiger partial charge < -0.3 is 11.1 Å². The number of fused-ring (bicyclic) bond motifs is 1. The molecule has 0 spiro atoms. The largest absolute Gasteiger partial charge is 0.393 e. The highest BCUT2D eigenvalue weighted by Crippen LogP contribution is 2.10. The second-order valence-electron chi connectivity index (χ2n) is 4.34. The Hall–Kier alpha value is -1.95. The van der Waals surface area contributed by atoms with Crippen LogP contribution in [0.5, 0.6) is 0 Å². The number of rotatable bonds is 5. The van der Waals surface area contributed by atoms with Gasteiger partial charge in [-0.3, -0.25) is 4.79 Å². The van der Waals surface area contributed by atoms with Crippen molar-refractivity contribution in [3.63, 3.8) is 0 Å². The van der Waals surface area contributed by atoms with E-state index in [1.807, 2.05) is 25.1 Å². The van der Waals surface area contributed by atoms with Crippen molar-refractivity contribution in [1.29, 1.82) is 0 Å². The van der Waals surface area contributed by atoms with E-state index in [9.17, 15) is 4.79 Å². The SMILES string of the molecule is CCC(CC(N)=S)NC(=O)c1cnn2ccccc12. The second-order valence-corrected chi connectivity index (χ2v) is 4.86. The van der Waals surface area contributed by atoms with Gasteiger partial charge in [-0.05, 0) is 18.6 Å². The Morgan fingerprint density at radius 1 is 1.58 bits per heavy atom. The Bertz CT molecular complexity index is 607. The molecule has 0 aliphatic carbocycles. The molecule has 0 aromatic carbocycles. The maximum Gasteiger partial charge on any atom is 0.255 e. The lowest BCUT2D eigenvalue weighted by Crippen LogP contribution is -2.37. The fourth-order valence-corrected chi connectivity index (χ4v) is 2.11. The number of nitrogens with one attached hydrogen (secondary N) is 1. The molecule has 2 rings (SSSR count). The van der Waals surface area contributed by atoms with Crippen molar-refractivity contribution in [2.45, 2.75) is 25.8 Å². The number of aromatic nitrogens is 2. The lowest BCUT2D eigenvalue weighted by molar-refractivity contribution is 0.0939. The first-order chi connectivity index (χ1) is 9.11. The van der Waals surface area contributed by atoms with Crippen LogP contribution < -0.4 is 11.1 Å². The highest BCUT2D eigenvalue weighted by atomic mass is 32.1. The van der Waals surface area contributed by atoms with Gasteiger partial charge in [-0.15, -0.1) is 0 Å². The molecule has 1 unspecified atom stereocenters. The predicted molar refractivity (Wildman–Crippen MR) is 78.1 cm³/mol. The van der Waals surface area contributed by atoms with E-state index in [1.165, 1.54) is 0 Å². The Kier molecular flexibility index (Phi) is 4.11. The van der Waals surface area contributed by atoms with Gasteiger partial charge in [0.15, 0.2) is 0 Å². The Labute approximate surface area is 116 Å². The van der Waals surface area contributed by atoms with E-state index in [2.05, 4.69) is 10.4 Å². The zero-order chi connectivity index (χ0) is 13.8. The van der Waals surface area contributed by atoms with Gasteiger partial charge in [-0.25, -0.2) is 4.52 Å². The van der Waals surface area contributed by atoms with Crippen LogP contribution in [0.25, 0.3) is 5.52 Å². The van der Waals surface area contributed by atoms with E-state index >= 15 is 0 Å². The summed E-state index contributed by atoms with van der Waals surface area (Å²) in [6.07, 6.45) is 4.66. The number of thiocarbonyl (C=S) groups is 1. The van der Waals surface area contributed by atoms with Crippen molar-refractivity contribution in [1.82, 2.24) is 14.9 Å². The van der Waals surface area contributed by atoms with Crippen LogP contribution in [0.1, 0.15) is 30.1 Å². The molecular weight excluding hydrogens is 260 g/mol. The highest BCUT2D eigenvalue weighted by molar-refractivity contribution is 7.80. The number of hydrogen-bond acceptors (Lipinski definition) is 3. The fraction of sp³-hybridized carbons (Fsp3) is 0.308. The normalized spacial score (nSPS) is 12.3. The summed E-state index contributed by atoms with van der Waals surface area (Å²) in [6, 6.07) is 5.56. The molecule has 3 N–H and O–H groups in total. The maximum absolute atomic E-state index is 12.2. The van der Waals surface area contributed by atoms with Crippen molar-refractivity contribution in [2.24, 2.45) is 5.73 Å². The van der Waals surface area contributed by atoms with Crippen LogP contribution in [0.2, 0.25) is 0 Å². The minimum Gasteiger partial charge on any atom is -0.393 e. The predicted octanol–water partition coefficient (Wildman–Crippen LogP) is 1.52. The van der Waals surface area contributed by atoms with Crippen LogP contribution >= 0.6 is 12.2 Å². The van der Waals surface area contributed by atoms with Crippen LogP contribution in [-0.2, 0) is 0 Å². The van der Waals surface area contributed by atoms with Gasteiger partial charge in [0.05, 0.1) is 22.3 Å². The second kappa shape index (κ2) is 5.79. The van der Waals surface area contributed by atoms with E-state index in [-0.39, 0.29) is 11.9 Å². The first-order valence-electron chi connectivity index (χ1n) is 6.13. The first kappa shape index (κ1) is 13.5. The summed E-state index contributed by atoms with van der Waals surface area (Å²) in [5, 5.41) is 7.07. The minimum atomic E-state index is -0.149. The third kappa shape index (κ3) is 3.08. The molecule has 19 heavy (non-hydrogen) atoms. The number of pyridine rings is 1. The van der Waals surface area contributed by atoms with E-state index in [4.69, 9.17) is 18.0 Å². The van der Waals surface area contributed by atoms with Gasteiger partial charge in [-0.1, -0.05) is 25.2 Å². The highest BCUT2D eigenvalue weighted by Gasteiger charge is 2.16. The standard InChI is InChI=1S/C13H16N4OS/c1-2-9(7-12(14)19)16-13(18)10-8-15-17-6-4-3-5-11(10)17/h3-6,8-9H,2,7H2,1H3,(H2,14,19)(H,16,18). The molecule has 0 fully saturated rings. The number of amides is 1. The smallest absolute Gasteiger partial charge is 0.255 e. The quantitative estimate of drug-likeness (QED) is 0.812. The van der Waals surface area contributed by atoms with Crippen molar-refractivity contribution < 1.29 is 4.79 Å². The summed E-state index contributed by atoms with van der Waals surface area (Å²) >= 11 is 4.88. The number of nitrogens with zero attached hydrogens (tertiary/aromatic N) is 2. The summed E-state index contributed by atoms with van der Waals surface area (Å²) in [6.45, 7) is 1.99. The molecule has 2 aromatic rings. The molecule has 0 aliphatic rings. The van der Waals surface area contributed by atoms with Crippen LogP contribution in [0.3, 0.4) is 0 Å². The number of nitrogens with two attached hydrogens (primary N) is 1. The summed E-state index contributed by atoms with van der Waals surface area (Å²) in [4.78, 5) is 12.6. The first-order valence-corrected chi connectivity index (χ1v) is 6.54. The van der Waals surface area contributed by atoms with Crippen LogP contribution in [-0.4, -0.2) is 26.6 Å². The molecule has 5 nitrogen and oxygen atoms in total. The van der Waals surface area contributed by atoms with E-state index in [0.29, 0.717) is 17.0 Å². The number of carbonyl (C=O) groups is 1. The maximum atomic E-state index is 12.2. The Morgan fingerprint density at radius 3 is 3.05 bits per heavy atom. The summed E-state index contributed by atoms with van der Waals surface area (Å²) < 4.78 is 1.67. The third-order valence-corrected chi connectivity index (χ3v) is 3.11. The molecule has 1 atom stereocenters. The van der Waals surface area contributed by atoms with Gasteiger partial charge in [0.2, 0.25) is 0 Å². The molecule has 1 amide bonds. The lowest BCUT2D eigenvalue weighted by atomic mass is 10.1. The molecule has 2 aromatic heterocycles. The molecule has 0 aliphatic heterocycles. The van der Waals surface area contributed by atoms with E-state index < -0.39 is 0 Å². The van der Waals surface area contributed by atoms with Crippen LogP contribution in [0.4, 0.5) is 0 Å². The summed E-state index contributed by atoms with van der Waals surface area (Å²) in [5.41, 5.74) is 6.86.